The van der Waals surface area contributed by atoms with E-state index in [-0.39, 0.29) is 12.5 Å². The van der Waals surface area contributed by atoms with Gasteiger partial charge in [-0.25, -0.2) is 0 Å². The summed E-state index contributed by atoms with van der Waals surface area (Å²) in [4.78, 5) is 16.3. The maximum atomic E-state index is 12.8. The minimum atomic E-state index is 0.0501. The Labute approximate surface area is 167 Å². The van der Waals surface area contributed by atoms with Crippen molar-refractivity contribution >= 4 is 5.91 Å². The monoisotopic (exact) mass is 386 g/mol. The van der Waals surface area contributed by atoms with Gasteiger partial charge in [0.15, 0.2) is 0 Å². The molecule has 28 heavy (non-hydrogen) atoms. The summed E-state index contributed by atoms with van der Waals surface area (Å²) in [7, 11) is 2.02. The predicted octanol–water partition coefficient (Wildman–Crippen LogP) is 0.876. The predicted molar refractivity (Wildman–Crippen MR) is 108 cm³/mol. The minimum absolute atomic E-state index is 0.0501. The lowest BCUT2D eigenvalue weighted by Crippen LogP contribution is -3.14. The molecule has 1 saturated heterocycles. The molecule has 0 spiro atoms. The van der Waals surface area contributed by atoms with Crippen LogP contribution in [0, 0.1) is 0 Å². The van der Waals surface area contributed by atoms with E-state index in [1.54, 1.807) is 4.90 Å². The zero-order chi connectivity index (χ0) is 19.6. The summed E-state index contributed by atoms with van der Waals surface area (Å²) in [6.45, 7) is 6.83. The van der Waals surface area contributed by atoms with Crippen molar-refractivity contribution in [2.45, 2.75) is 19.6 Å². The zero-order valence-electron chi connectivity index (χ0n) is 16.8. The Morgan fingerprint density at radius 2 is 1.96 bits per heavy atom. The van der Waals surface area contributed by atoms with Crippen molar-refractivity contribution < 1.29 is 19.2 Å². The summed E-state index contributed by atoms with van der Waals surface area (Å²) in [5.74, 6) is 0.0501. The number of morpholine rings is 1. The van der Waals surface area contributed by atoms with Crippen LogP contribution in [0.15, 0.2) is 48.7 Å². The van der Waals surface area contributed by atoms with Gasteiger partial charge in [0.05, 0.1) is 32.9 Å². The second-order valence-corrected chi connectivity index (χ2v) is 7.37. The second kappa shape index (κ2) is 11.0. The Hall–Kier alpha value is -2.15. The van der Waals surface area contributed by atoms with Crippen molar-refractivity contribution in [2.24, 2.45) is 7.05 Å². The molecule has 0 unspecified atom stereocenters. The lowest BCUT2D eigenvalue weighted by atomic mass is 10.2. The van der Waals surface area contributed by atoms with Crippen molar-refractivity contribution in [1.29, 1.82) is 0 Å². The second-order valence-electron chi connectivity index (χ2n) is 7.37. The number of aromatic nitrogens is 1. The number of quaternary nitrogens is 1. The highest BCUT2D eigenvalue weighted by atomic mass is 16.5. The third-order valence-corrected chi connectivity index (χ3v) is 5.25. The number of carbonyl (C=O) groups excluding carboxylic acids is 1. The van der Waals surface area contributed by atoms with Crippen LogP contribution in [0.2, 0.25) is 0 Å². The molecule has 1 fully saturated rings. The Bertz CT molecular complexity index is 711. The van der Waals surface area contributed by atoms with E-state index in [1.165, 1.54) is 0 Å². The molecule has 0 saturated carbocycles. The quantitative estimate of drug-likeness (QED) is 0.659. The number of nitrogens with zero attached hydrogens (tertiary/aromatic N) is 2. The number of amides is 1. The van der Waals surface area contributed by atoms with E-state index in [1.807, 2.05) is 54.5 Å². The molecule has 0 atom stereocenters. The van der Waals surface area contributed by atoms with Crippen molar-refractivity contribution in [3.63, 3.8) is 0 Å². The number of aryl methyl sites for hydroxylation is 1. The molecule has 1 amide bonds. The molecule has 6 nitrogen and oxygen atoms in total. The first-order chi connectivity index (χ1) is 13.7. The third kappa shape index (κ3) is 6.48. The zero-order valence-corrected chi connectivity index (χ0v) is 16.8. The molecular weight excluding hydrogens is 354 g/mol. The van der Waals surface area contributed by atoms with Crippen LogP contribution < -0.4 is 4.90 Å². The molecule has 152 valence electrons. The van der Waals surface area contributed by atoms with Crippen molar-refractivity contribution in [3.05, 3.63) is 59.9 Å². The Kier molecular flexibility index (Phi) is 8.08. The number of hydrogen-bond donors (Lipinski definition) is 1. The standard InChI is InChI=1S/C22H31N3O3/c1-23-10-5-9-21(23)17-25(12-6-11-24-13-15-27-16-14-24)22(26)19-28-18-20-7-3-2-4-8-20/h2-5,7-10H,6,11-19H2,1H3/p+1. The molecule has 1 aromatic heterocycles. The van der Waals surface area contributed by atoms with Gasteiger partial charge in [-0.1, -0.05) is 30.3 Å². The largest absolute Gasteiger partial charge is 0.370 e. The lowest BCUT2D eigenvalue weighted by Gasteiger charge is -2.26. The van der Waals surface area contributed by atoms with Crippen LogP contribution in [-0.4, -0.2) is 61.4 Å². The average molecular weight is 387 g/mol. The van der Waals surface area contributed by atoms with Crippen LogP contribution in [0.1, 0.15) is 17.7 Å². The molecule has 0 aliphatic carbocycles. The number of benzene rings is 1. The lowest BCUT2D eigenvalue weighted by molar-refractivity contribution is -0.908. The van der Waals surface area contributed by atoms with Gasteiger partial charge in [0.2, 0.25) is 5.91 Å². The fourth-order valence-corrected chi connectivity index (χ4v) is 3.50. The summed E-state index contributed by atoms with van der Waals surface area (Å²) in [5.41, 5.74) is 2.22. The van der Waals surface area contributed by atoms with E-state index < -0.39 is 0 Å². The van der Waals surface area contributed by atoms with Gasteiger partial charge in [0.1, 0.15) is 19.7 Å². The normalized spacial score (nSPS) is 14.9. The van der Waals surface area contributed by atoms with Crippen LogP contribution >= 0.6 is 0 Å². The van der Waals surface area contributed by atoms with E-state index in [2.05, 4.69) is 10.6 Å². The van der Waals surface area contributed by atoms with Crippen LogP contribution in [0.25, 0.3) is 0 Å². The maximum Gasteiger partial charge on any atom is 0.248 e. The third-order valence-electron chi connectivity index (χ3n) is 5.25. The van der Waals surface area contributed by atoms with Gasteiger partial charge in [-0.2, -0.15) is 0 Å². The molecule has 1 N–H and O–H groups in total. The molecule has 3 rings (SSSR count). The van der Waals surface area contributed by atoms with E-state index in [0.29, 0.717) is 13.2 Å². The average Bonchev–Trinajstić information content (AvgIpc) is 3.13. The molecule has 0 bridgehead atoms. The van der Waals surface area contributed by atoms with Crippen LogP contribution in [0.3, 0.4) is 0 Å². The van der Waals surface area contributed by atoms with E-state index in [0.717, 1.165) is 57.1 Å². The summed E-state index contributed by atoms with van der Waals surface area (Å²) in [6, 6.07) is 14.0. The smallest absolute Gasteiger partial charge is 0.248 e. The summed E-state index contributed by atoms with van der Waals surface area (Å²) in [6.07, 6.45) is 3.01. The first-order valence-corrected chi connectivity index (χ1v) is 10.1. The molecule has 6 heteroatoms. The van der Waals surface area contributed by atoms with E-state index in [9.17, 15) is 4.79 Å². The Balaban J connectivity index is 1.50. The fraction of sp³-hybridized carbons (Fsp3) is 0.500. The number of rotatable bonds is 10. The SMILES string of the molecule is Cn1cccc1CN(CCC[NH+]1CCOCC1)C(=O)COCc1ccccc1. The maximum absolute atomic E-state index is 12.8. The molecular formula is C22H32N3O3+. The molecule has 1 aromatic carbocycles. The van der Waals surface area contributed by atoms with E-state index >= 15 is 0 Å². The molecule has 1 aliphatic rings. The molecule has 2 heterocycles. The minimum Gasteiger partial charge on any atom is -0.370 e. The van der Waals surface area contributed by atoms with Crippen LogP contribution in [0.5, 0.6) is 0 Å². The van der Waals surface area contributed by atoms with Crippen molar-refractivity contribution in [2.75, 3.05) is 46.0 Å². The highest BCUT2D eigenvalue weighted by Gasteiger charge is 2.18. The van der Waals surface area contributed by atoms with Gasteiger partial charge in [-0.15, -0.1) is 0 Å². The van der Waals surface area contributed by atoms with Gasteiger partial charge in [0.25, 0.3) is 0 Å². The van der Waals surface area contributed by atoms with Crippen molar-refractivity contribution in [1.82, 2.24) is 9.47 Å². The Morgan fingerprint density at radius 1 is 1.18 bits per heavy atom. The van der Waals surface area contributed by atoms with Gasteiger partial charge < -0.3 is 23.8 Å². The number of carbonyl (C=O) groups is 1. The van der Waals surface area contributed by atoms with Crippen molar-refractivity contribution in [3.8, 4) is 0 Å². The van der Waals surface area contributed by atoms with Crippen LogP contribution in [0.4, 0.5) is 0 Å². The Morgan fingerprint density at radius 3 is 2.68 bits per heavy atom. The topological polar surface area (TPSA) is 48.1 Å². The first-order valence-electron chi connectivity index (χ1n) is 10.1. The molecule has 0 radical (unpaired) electrons. The summed E-state index contributed by atoms with van der Waals surface area (Å²) >= 11 is 0. The highest BCUT2D eigenvalue weighted by molar-refractivity contribution is 5.77. The number of hydrogen-bond acceptors (Lipinski definition) is 3. The highest BCUT2D eigenvalue weighted by Crippen LogP contribution is 2.07. The van der Waals surface area contributed by atoms with Crippen LogP contribution in [-0.2, 0) is 34.5 Å². The van der Waals surface area contributed by atoms with Gasteiger partial charge in [-0.05, 0) is 17.7 Å². The van der Waals surface area contributed by atoms with Gasteiger partial charge >= 0.3 is 0 Å². The summed E-state index contributed by atoms with van der Waals surface area (Å²) in [5, 5.41) is 0. The fourth-order valence-electron chi connectivity index (χ4n) is 3.50. The van der Waals surface area contributed by atoms with Gasteiger partial charge in [0, 0.05) is 31.9 Å². The van der Waals surface area contributed by atoms with Gasteiger partial charge in [-0.3, -0.25) is 4.79 Å². The number of ether oxygens (including phenoxy) is 2. The molecule has 2 aromatic rings. The molecule has 1 aliphatic heterocycles. The number of nitrogens with one attached hydrogen (secondary N) is 1. The first kappa shape index (κ1) is 20.6. The van der Waals surface area contributed by atoms with E-state index in [4.69, 9.17) is 9.47 Å². The summed E-state index contributed by atoms with van der Waals surface area (Å²) < 4.78 is 13.2.